The number of carboxylic acids is 1. The standard InChI is InChI=1S/C14H25N3O4/c1-11(2)9-16-4-6-17(7-5-16)13(20)15-14(12(18)19)3-8-21-10-14/h11H,3-10H2,1-2H3,(H,15,20)(H,18,19). The Labute approximate surface area is 125 Å². The molecule has 2 rings (SSSR count). The number of hydrogen-bond donors (Lipinski definition) is 2. The van der Waals surface area contributed by atoms with Crippen LogP contribution in [0.5, 0.6) is 0 Å². The van der Waals surface area contributed by atoms with Gasteiger partial charge in [-0.15, -0.1) is 0 Å². The van der Waals surface area contributed by atoms with Crippen LogP contribution in [0.25, 0.3) is 0 Å². The van der Waals surface area contributed by atoms with Crippen LogP contribution in [0.3, 0.4) is 0 Å². The van der Waals surface area contributed by atoms with Gasteiger partial charge in [0.15, 0.2) is 5.54 Å². The molecule has 1 atom stereocenters. The van der Waals surface area contributed by atoms with Gasteiger partial charge >= 0.3 is 12.0 Å². The number of ether oxygens (including phenoxy) is 1. The minimum Gasteiger partial charge on any atom is -0.479 e. The van der Waals surface area contributed by atoms with Crippen LogP contribution in [0.4, 0.5) is 4.79 Å². The number of nitrogens with one attached hydrogen (secondary N) is 1. The molecule has 1 unspecified atom stereocenters. The van der Waals surface area contributed by atoms with Crippen molar-refractivity contribution in [3.63, 3.8) is 0 Å². The number of nitrogens with zero attached hydrogens (tertiary/aromatic N) is 2. The van der Waals surface area contributed by atoms with Gasteiger partial charge in [-0.25, -0.2) is 9.59 Å². The summed E-state index contributed by atoms with van der Waals surface area (Å²) in [6.45, 7) is 8.73. The largest absolute Gasteiger partial charge is 0.479 e. The quantitative estimate of drug-likeness (QED) is 0.775. The van der Waals surface area contributed by atoms with Crippen LogP contribution in [-0.4, -0.2) is 78.4 Å². The van der Waals surface area contributed by atoms with Gasteiger partial charge in [0.1, 0.15) is 0 Å². The second kappa shape index (κ2) is 6.62. The second-order valence-corrected chi connectivity index (χ2v) is 6.30. The van der Waals surface area contributed by atoms with E-state index in [1.54, 1.807) is 4.90 Å². The van der Waals surface area contributed by atoms with Crippen molar-refractivity contribution >= 4 is 12.0 Å². The van der Waals surface area contributed by atoms with Crippen molar-refractivity contribution in [3.8, 4) is 0 Å². The summed E-state index contributed by atoms with van der Waals surface area (Å²) in [6.07, 6.45) is 0.321. The molecular weight excluding hydrogens is 274 g/mol. The lowest BCUT2D eigenvalue weighted by Gasteiger charge is -2.37. The van der Waals surface area contributed by atoms with E-state index in [0.29, 0.717) is 32.0 Å². The van der Waals surface area contributed by atoms with Crippen LogP contribution in [0.2, 0.25) is 0 Å². The Balaban J connectivity index is 1.86. The van der Waals surface area contributed by atoms with Crippen LogP contribution in [-0.2, 0) is 9.53 Å². The van der Waals surface area contributed by atoms with Gasteiger partial charge in [0.05, 0.1) is 6.61 Å². The van der Waals surface area contributed by atoms with Crippen LogP contribution >= 0.6 is 0 Å². The molecule has 7 heteroatoms. The molecule has 0 saturated carbocycles. The molecular formula is C14H25N3O4. The van der Waals surface area contributed by atoms with E-state index in [1.807, 2.05) is 0 Å². The Morgan fingerprint density at radius 2 is 1.95 bits per heavy atom. The van der Waals surface area contributed by atoms with Gasteiger partial charge in [0.2, 0.25) is 0 Å². The van der Waals surface area contributed by atoms with E-state index >= 15 is 0 Å². The third kappa shape index (κ3) is 3.85. The minimum absolute atomic E-state index is 0.0430. The molecule has 0 radical (unpaired) electrons. The molecule has 0 aromatic carbocycles. The zero-order valence-corrected chi connectivity index (χ0v) is 12.8. The number of carboxylic acid groups (broad SMARTS) is 1. The van der Waals surface area contributed by atoms with Crippen molar-refractivity contribution in [1.29, 1.82) is 0 Å². The first-order valence-electron chi connectivity index (χ1n) is 7.53. The summed E-state index contributed by atoms with van der Waals surface area (Å²) in [4.78, 5) is 27.7. The fourth-order valence-electron chi connectivity index (χ4n) is 2.82. The Morgan fingerprint density at radius 3 is 2.43 bits per heavy atom. The first kappa shape index (κ1) is 16.0. The van der Waals surface area contributed by atoms with Gasteiger partial charge in [0, 0.05) is 45.8 Å². The highest BCUT2D eigenvalue weighted by molar-refractivity contribution is 5.86. The predicted molar refractivity (Wildman–Crippen MR) is 77.2 cm³/mol. The summed E-state index contributed by atoms with van der Waals surface area (Å²) in [7, 11) is 0. The van der Waals surface area contributed by atoms with Crippen LogP contribution in [0, 0.1) is 5.92 Å². The van der Waals surface area contributed by atoms with E-state index in [-0.39, 0.29) is 12.6 Å². The number of hydrogen-bond acceptors (Lipinski definition) is 4. The molecule has 2 heterocycles. The SMILES string of the molecule is CC(C)CN1CCN(C(=O)NC2(C(=O)O)CCOC2)CC1. The van der Waals surface area contributed by atoms with E-state index < -0.39 is 11.5 Å². The molecule has 0 aliphatic carbocycles. The third-order valence-corrected chi connectivity index (χ3v) is 4.06. The summed E-state index contributed by atoms with van der Waals surface area (Å²) in [6, 6.07) is -0.299. The third-order valence-electron chi connectivity index (χ3n) is 4.06. The number of amides is 2. The Morgan fingerprint density at radius 1 is 1.29 bits per heavy atom. The first-order valence-corrected chi connectivity index (χ1v) is 7.53. The maximum Gasteiger partial charge on any atom is 0.332 e. The molecule has 120 valence electrons. The smallest absolute Gasteiger partial charge is 0.332 e. The normalized spacial score (nSPS) is 27.1. The Hall–Kier alpha value is -1.34. The monoisotopic (exact) mass is 299 g/mol. The summed E-state index contributed by atoms with van der Waals surface area (Å²) in [5, 5.41) is 12.0. The van der Waals surface area contributed by atoms with E-state index in [4.69, 9.17) is 4.74 Å². The molecule has 2 aliphatic rings. The average Bonchev–Trinajstić information content (AvgIpc) is 2.88. The fourth-order valence-corrected chi connectivity index (χ4v) is 2.82. The number of piperazine rings is 1. The van der Waals surface area contributed by atoms with Crippen molar-refractivity contribution in [2.45, 2.75) is 25.8 Å². The van der Waals surface area contributed by atoms with Crippen molar-refractivity contribution in [1.82, 2.24) is 15.1 Å². The topological polar surface area (TPSA) is 82.1 Å². The number of rotatable bonds is 4. The summed E-state index contributed by atoms with van der Waals surface area (Å²) in [5.74, 6) is -0.414. The number of urea groups is 1. The van der Waals surface area contributed by atoms with Gasteiger partial charge < -0.3 is 20.1 Å². The molecule has 2 amide bonds. The molecule has 0 spiro atoms. The molecule has 0 aromatic heterocycles. The van der Waals surface area contributed by atoms with Crippen molar-refractivity contribution in [2.75, 3.05) is 45.9 Å². The van der Waals surface area contributed by atoms with Gasteiger partial charge in [-0.05, 0) is 5.92 Å². The number of carbonyl (C=O) groups excluding carboxylic acids is 1. The molecule has 2 N–H and O–H groups in total. The minimum atomic E-state index is -1.26. The molecule has 7 nitrogen and oxygen atoms in total. The van der Waals surface area contributed by atoms with Gasteiger partial charge in [-0.3, -0.25) is 4.90 Å². The summed E-state index contributed by atoms with van der Waals surface area (Å²) in [5.41, 5.74) is -1.26. The summed E-state index contributed by atoms with van der Waals surface area (Å²) < 4.78 is 5.15. The molecule has 2 aliphatic heterocycles. The zero-order valence-electron chi connectivity index (χ0n) is 12.8. The van der Waals surface area contributed by atoms with Crippen molar-refractivity contribution < 1.29 is 19.4 Å². The van der Waals surface area contributed by atoms with Crippen molar-refractivity contribution in [3.05, 3.63) is 0 Å². The zero-order chi connectivity index (χ0) is 15.5. The highest BCUT2D eigenvalue weighted by Crippen LogP contribution is 2.19. The van der Waals surface area contributed by atoms with Crippen LogP contribution in [0.15, 0.2) is 0 Å². The van der Waals surface area contributed by atoms with Gasteiger partial charge in [-0.1, -0.05) is 13.8 Å². The fraction of sp³-hybridized carbons (Fsp3) is 0.857. The Kier molecular flexibility index (Phi) is 5.05. The van der Waals surface area contributed by atoms with Crippen molar-refractivity contribution in [2.24, 2.45) is 5.92 Å². The van der Waals surface area contributed by atoms with Gasteiger partial charge in [-0.2, -0.15) is 0 Å². The predicted octanol–water partition coefficient (Wildman–Crippen LogP) is 0.213. The van der Waals surface area contributed by atoms with E-state index in [2.05, 4.69) is 24.1 Å². The first-order chi connectivity index (χ1) is 9.93. The molecule has 0 aromatic rings. The molecule has 2 fully saturated rings. The van der Waals surface area contributed by atoms with E-state index in [1.165, 1.54) is 0 Å². The highest BCUT2D eigenvalue weighted by atomic mass is 16.5. The van der Waals surface area contributed by atoms with E-state index in [0.717, 1.165) is 19.6 Å². The summed E-state index contributed by atoms with van der Waals surface area (Å²) >= 11 is 0. The maximum absolute atomic E-state index is 12.3. The molecule has 2 saturated heterocycles. The Bertz CT molecular complexity index is 386. The van der Waals surface area contributed by atoms with Crippen LogP contribution in [0.1, 0.15) is 20.3 Å². The molecule has 21 heavy (non-hydrogen) atoms. The number of aliphatic carboxylic acids is 1. The lowest BCUT2D eigenvalue weighted by Crippen LogP contribution is -2.61. The average molecular weight is 299 g/mol. The van der Waals surface area contributed by atoms with Crippen LogP contribution < -0.4 is 5.32 Å². The van der Waals surface area contributed by atoms with E-state index in [9.17, 15) is 14.7 Å². The number of carbonyl (C=O) groups is 2. The highest BCUT2D eigenvalue weighted by Gasteiger charge is 2.44. The lowest BCUT2D eigenvalue weighted by molar-refractivity contribution is -0.144. The maximum atomic E-state index is 12.3. The van der Waals surface area contributed by atoms with Gasteiger partial charge in [0.25, 0.3) is 0 Å². The second-order valence-electron chi connectivity index (χ2n) is 6.30. The molecule has 0 bridgehead atoms. The lowest BCUT2D eigenvalue weighted by atomic mass is 9.99.